The molecule has 0 heterocycles. The van der Waals surface area contributed by atoms with E-state index in [2.05, 4.69) is 0 Å². The zero-order valence-electron chi connectivity index (χ0n) is 4.83. The average Bonchev–Trinajstić information content (AvgIpc) is 1.25. The van der Waals surface area contributed by atoms with Crippen LogP contribution < -0.4 is 0 Å². The maximum absolute atomic E-state index is 9.44. The van der Waals surface area contributed by atoms with Crippen LogP contribution in [0.2, 0.25) is 0 Å². The monoisotopic (exact) mass is 120 g/mol. The lowest BCUT2D eigenvalue weighted by Crippen LogP contribution is -2.07. The third-order valence-corrected chi connectivity index (χ3v) is 0. The Labute approximate surface area is 47.9 Å². The van der Waals surface area contributed by atoms with Crippen molar-refractivity contribution in [3.05, 3.63) is 0 Å². The van der Waals surface area contributed by atoms with E-state index in [-0.39, 0.29) is 5.78 Å². The largest absolute Gasteiger partial charge is 0.631 e. The van der Waals surface area contributed by atoms with Crippen LogP contribution in [0.1, 0.15) is 13.8 Å². The van der Waals surface area contributed by atoms with Gasteiger partial charge in [0.25, 0.3) is 0 Å². The molecule has 0 spiro atoms. The Kier molecular flexibility index (Phi) is 8.74. The van der Waals surface area contributed by atoms with Gasteiger partial charge in [0.15, 0.2) is 0 Å². The first kappa shape index (κ1) is 10.6. The van der Waals surface area contributed by atoms with Crippen LogP contribution in [0, 0.1) is 0 Å². The summed E-state index contributed by atoms with van der Waals surface area (Å²) in [6, 6.07) is 0. The van der Waals surface area contributed by atoms with Gasteiger partial charge < -0.3 is 19.9 Å². The van der Waals surface area contributed by atoms with E-state index >= 15 is 0 Å². The standard InChI is InChI=1S/C3H6O.BH3O3/c1-3(2)4;2-1(3)4/h1-2H3;2-4H. The lowest BCUT2D eigenvalue weighted by molar-refractivity contribution is -0.114. The highest BCUT2D eigenvalue weighted by molar-refractivity contribution is 6.30. The van der Waals surface area contributed by atoms with Gasteiger partial charge in [-0.15, -0.1) is 0 Å². The molecule has 0 bridgehead atoms. The molecule has 48 valence electrons. The number of carbonyl (C=O) groups is 1. The van der Waals surface area contributed by atoms with Crippen molar-refractivity contribution in [2.45, 2.75) is 13.8 Å². The van der Waals surface area contributed by atoms with Crippen LogP contribution in [-0.2, 0) is 4.79 Å². The molecule has 0 amide bonds. The molecule has 5 heteroatoms. The van der Waals surface area contributed by atoms with Crippen LogP contribution in [0.25, 0.3) is 0 Å². The second kappa shape index (κ2) is 6.61. The molecule has 0 saturated carbocycles. The maximum Gasteiger partial charge on any atom is 0.631 e. The second-order valence-electron chi connectivity index (χ2n) is 1.25. The highest BCUT2D eigenvalue weighted by Crippen LogP contribution is 1.50. The van der Waals surface area contributed by atoms with E-state index in [0.29, 0.717) is 0 Å². The van der Waals surface area contributed by atoms with Crippen molar-refractivity contribution >= 4 is 13.1 Å². The Hall–Kier alpha value is -0.385. The minimum atomic E-state index is -2.17. The highest BCUT2D eigenvalue weighted by Gasteiger charge is 1.92. The first-order valence-corrected chi connectivity index (χ1v) is 1.98. The van der Waals surface area contributed by atoms with E-state index in [1.54, 1.807) is 0 Å². The van der Waals surface area contributed by atoms with Crippen molar-refractivity contribution in [3.63, 3.8) is 0 Å². The molecule has 0 aliphatic heterocycles. The molecule has 0 rings (SSSR count). The molecule has 0 fully saturated rings. The fourth-order valence-electron chi connectivity index (χ4n) is 0. The minimum Gasteiger partial charge on any atom is -0.402 e. The molecular weight excluding hydrogens is 111 g/mol. The Morgan fingerprint density at radius 2 is 1.25 bits per heavy atom. The summed E-state index contributed by atoms with van der Waals surface area (Å²) in [5, 5.41) is 21.5. The van der Waals surface area contributed by atoms with E-state index in [1.165, 1.54) is 13.8 Å². The van der Waals surface area contributed by atoms with Crippen molar-refractivity contribution in [3.8, 4) is 0 Å². The number of rotatable bonds is 0. The number of ketones is 1. The van der Waals surface area contributed by atoms with Crippen molar-refractivity contribution in [2.24, 2.45) is 0 Å². The molecule has 0 radical (unpaired) electrons. The topological polar surface area (TPSA) is 77.8 Å². The summed E-state index contributed by atoms with van der Waals surface area (Å²) in [5.74, 6) is 0.167. The zero-order chi connectivity index (χ0) is 7.15. The summed E-state index contributed by atoms with van der Waals surface area (Å²) in [6.07, 6.45) is 0. The number of hydrogen-bond acceptors (Lipinski definition) is 4. The third kappa shape index (κ3) is 807. The van der Waals surface area contributed by atoms with Gasteiger partial charge >= 0.3 is 7.32 Å². The fourth-order valence-corrected chi connectivity index (χ4v) is 0. The van der Waals surface area contributed by atoms with Gasteiger partial charge in [-0.25, -0.2) is 0 Å². The van der Waals surface area contributed by atoms with E-state index in [9.17, 15) is 4.79 Å². The Morgan fingerprint density at radius 1 is 1.25 bits per heavy atom. The van der Waals surface area contributed by atoms with E-state index in [0.717, 1.165) is 0 Å². The molecular formula is C3H9BO4. The van der Waals surface area contributed by atoms with Gasteiger partial charge in [-0.1, -0.05) is 0 Å². The molecule has 0 unspecified atom stereocenters. The summed E-state index contributed by atoms with van der Waals surface area (Å²) < 4.78 is 0. The highest BCUT2D eigenvalue weighted by atomic mass is 16.5. The van der Waals surface area contributed by atoms with Gasteiger partial charge in [-0.05, 0) is 13.8 Å². The molecule has 0 aliphatic rings. The molecule has 0 aromatic heterocycles. The maximum atomic E-state index is 9.44. The van der Waals surface area contributed by atoms with E-state index in [4.69, 9.17) is 15.1 Å². The molecule has 0 atom stereocenters. The van der Waals surface area contributed by atoms with E-state index < -0.39 is 7.32 Å². The summed E-state index contributed by atoms with van der Waals surface area (Å²) in [6.45, 7) is 3.06. The summed E-state index contributed by atoms with van der Waals surface area (Å²) in [7, 11) is -2.17. The van der Waals surface area contributed by atoms with Crippen LogP contribution in [0.4, 0.5) is 0 Å². The molecule has 4 nitrogen and oxygen atoms in total. The summed E-state index contributed by atoms with van der Waals surface area (Å²) in [4.78, 5) is 9.44. The van der Waals surface area contributed by atoms with Gasteiger partial charge in [-0.3, -0.25) is 0 Å². The van der Waals surface area contributed by atoms with Crippen molar-refractivity contribution < 1.29 is 19.9 Å². The third-order valence-electron chi connectivity index (χ3n) is 0. The Morgan fingerprint density at radius 3 is 1.25 bits per heavy atom. The minimum absolute atomic E-state index is 0.167. The summed E-state index contributed by atoms with van der Waals surface area (Å²) >= 11 is 0. The Balaban J connectivity index is 0. The van der Waals surface area contributed by atoms with Crippen molar-refractivity contribution in [1.82, 2.24) is 0 Å². The summed E-state index contributed by atoms with van der Waals surface area (Å²) in [5.41, 5.74) is 0. The fraction of sp³-hybridized carbons (Fsp3) is 0.667. The quantitative estimate of drug-likeness (QED) is 0.341. The van der Waals surface area contributed by atoms with Crippen LogP contribution in [0.5, 0.6) is 0 Å². The van der Waals surface area contributed by atoms with Crippen molar-refractivity contribution in [2.75, 3.05) is 0 Å². The second-order valence-corrected chi connectivity index (χ2v) is 1.25. The smallest absolute Gasteiger partial charge is 0.402 e. The van der Waals surface area contributed by atoms with Crippen LogP contribution in [-0.4, -0.2) is 28.2 Å². The first-order valence-electron chi connectivity index (χ1n) is 1.98. The number of carbonyl (C=O) groups excluding carboxylic acids is 1. The average molecular weight is 120 g/mol. The van der Waals surface area contributed by atoms with Crippen LogP contribution in [0.3, 0.4) is 0 Å². The molecule has 0 saturated heterocycles. The molecule has 8 heavy (non-hydrogen) atoms. The Bertz CT molecular complexity index is 55.5. The SMILES string of the molecule is CC(C)=O.OB(O)O. The van der Waals surface area contributed by atoms with Gasteiger partial charge in [0.1, 0.15) is 5.78 Å². The molecule has 0 aromatic carbocycles. The van der Waals surface area contributed by atoms with Gasteiger partial charge in [0.05, 0.1) is 0 Å². The molecule has 0 aromatic rings. The molecule has 0 aliphatic carbocycles. The lowest BCUT2D eigenvalue weighted by Gasteiger charge is -1.69. The van der Waals surface area contributed by atoms with Crippen LogP contribution in [0.15, 0.2) is 0 Å². The van der Waals surface area contributed by atoms with Gasteiger partial charge in [0.2, 0.25) is 0 Å². The predicted octanol–water partition coefficient (Wildman–Crippen LogP) is -1.46. The first-order chi connectivity index (χ1) is 3.46. The van der Waals surface area contributed by atoms with E-state index in [1.807, 2.05) is 0 Å². The normalized spacial score (nSPS) is 6.62. The van der Waals surface area contributed by atoms with Crippen LogP contribution >= 0.6 is 0 Å². The number of hydrogen-bond donors (Lipinski definition) is 3. The lowest BCUT2D eigenvalue weighted by atomic mass is 10.3. The molecule has 3 N–H and O–H groups in total. The number of Topliss-reactive ketones (excluding diaryl/α,β-unsaturated/α-hetero) is 1. The predicted molar refractivity (Wildman–Crippen MR) is 28.8 cm³/mol. The van der Waals surface area contributed by atoms with Gasteiger partial charge in [0, 0.05) is 0 Å². The zero-order valence-corrected chi connectivity index (χ0v) is 4.83. The van der Waals surface area contributed by atoms with Crippen molar-refractivity contribution in [1.29, 1.82) is 0 Å². The van der Waals surface area contributed by atoms with Gasteiger partial charge in [-0.2, -0.15) is 0 Å².